The van der Waals surface area contributed by atoms with Crippen molar-refractivity contribution in [2.75, 3.05) is 20.1 Å². The lowest BCUT2D eigenvalue weighted by atomic mass is 9.89. The van der Waals surface area contributed by atoms with Gasteiger partial charge in [-0.3, -0.25) is 4.90 Å². The van der Waals surface area contributed by atoms with Crippen LogP contribution in [-0.2, 0) is 0 Å². The molecule has 2 atom stereocenters. The van der Waals surface area contributed by atoms with Crippen molar-refractivity contribution in [1.82, 2.24) is 15.5 Å². The Hall–Kier alpha value is -0.810. The molecule has 2 amide bonds. The quantitative estimate of drug-likeness (QED) is 0.680. The van der Waals surface area contributed by atoms with Crippen LogP contribution in [0.15, 0.2) is 0 Å². The number of carbonyl (C=O) groups is 1. The Morgan fingerprint density at radius 3 is 2.44 bits per heavy atom. The highest BCUT2D eigenvalue weighted by molar-refractivity contribution is 5.73. The highest BCUT2D eigenvalue weighted by Gasteiger charge is 2.31. The first kappa shape index (κ1) is 13.6. The number of nitrogens with zero attached hydrogens (tertiary/aromatic N) is 1. The summed E-state index contributed by atoms with van der Waals surface area (Å²) in [7, 11) is 1.64. The van der Waals surface area contributed by atoms with Crippen LogP contribution in [0.1, 0.15) is 38.5 Å². The summed E-state index contributed by atoms with van der Waals surface area (Å²) in [5, 5.41) is 15.6. The molecule has 104 valence electrons. The zero-order chi connectivity index (χ0) is 13.0. The van der Waals surface area contributed by atoms with Gasteiger partial charge in [0, 0.05) is 32.2 Å². The Morgan fingerprint density at radius 2 is 1.83 bits per heavy atom. The van der Waals surface area contributed by atoms with Gasteiger partial charge in [0.1, 0.15) is 0 Å². The van der Waals surface area contributed by atoms with Gasteiger partial charge in [-0.15, -0.1) is 0 Å². The van der Waals surface area contributed by atoms with E-state index in [1.807, 2.05) is 0 Å². The number of aliphatic hydroxyl groups is 1. The van der Waals surface area contributed by atoms with Crippen LogP contribution in [0.2, 0.25) is 0 Å². The van der Waals surface area contributed by atoms with Crippen LogP contribution >= 0.6 is 0 Å². The molecule has 0 spiro atoms. The van der Waals surface area contributed by atoms with E-state index in [1.54, 1.807) is 7.05 Å². The van der Waals surface area contributed by atoms with E-state index < -0.39 is 0 Å². The average molecular weight is 255 g/mol. The highest BCUT2D eigenvalue weighted by atomic mass is 16.3. The molecule has 2 aliphatic rings. The molecule has 2 fully saturated rings. The molecule has 0 aromatic heterocycles. The fourth-order valence-electron chi connectivity index (χ4n) is 3.15. The van der Waals surface area contributed by atoms with Gasteiger partial charge in [0.05, 0.1) is 6.10 Å². The number of amides is 2. The summed E-state index contributed by atoms with van der Waals surface area (Å²) >= 11 is 0. The van der Waals surface area contributed by atoms with E-state index in [1.165, 1.54) is 6.42 Å². The summed E-state index contributed by atoms with van der Waals surface area (Å²) in [6, 6.07) is 0.535. The lowest BCUT2D eigenvalue weighted by Crippen LogP contribution is -2.53. The van der Waals surface area contributed by atoms with Crippen molar-refractivity contribution < 1.29 is 9.90 Å². The van der Waals surface area contributed by atoms with Gasteiger partial charge in [-0.25, -0.2) is 4.79 Å². The summed E-state index contributed by atoms with van der Waals surface area (Å²) in [5.41, 5.74) is 0. The number of hydrogen-bond donors (Lipinski definition) is 3. The number of rotatable bonds is 2. The Balaban J connectivity index is 1.77. The molecule has 1 saturated carbocycles. The first-order chi connectivity index (χ1) is 8.70. The minimum Gasteiger partial charge on any atom is -0.391 e. The first-order valence-electron chi connectivity index (χ1n) is 7.11. The van der Waals surface area contributed by atoms with Gasteiger partial charge in [0.2, 0.25) is 0 Å². The lowest BCUT2D eigenvalue weighted by Gasteiger charge is -2.41. The van der Waals surface area contributed by atoms with Crippen LogP contribution in [-0.4, -0.2) is 54.4 Å². The maximum absolute atomic E-state index is 11.2. The summed E-state index contributed by atoms with van der Waals surface area (Å²) in [4.78, 5) is 13.6. The lowest BCUT2D eigenvalue weighted by molar-refractivity contribution is 0.00778. The van der Waals surface area contributed by atoms with Crippen LogP contribution in [0, 0.1) is 0 Å². The van der Waals surface area contributed by atoms with Crippen LogP contribution in [0.5, 0.6) is 0 Å². The Bertz CT molecular complexity index is 277. The second-order valence-electron chi connectivity index (χ2n) is 5.45. The minimum atomic E-state index is -0.151. The normalized spacial score (nSPS) is 31.0. The van der Waals surface area contributed by atoms with Crippen molar-refractivity contribution in [3.05, 3.63) is 0 Å². The Morgan fingerprint density at radius 1 is 1.17 bits per heavy atom. The predicted molar refractivity (Wildman–Crippen MR) is 70.4 cm³/mol. The van der Waals surface area contributed by atoms with Gasteiger partial charge in [-0.2, -0.15) is 0 Å². The van der Waals surface area contributed by atoms with E-state index in [9.17, 15) is 9.90 Å². The van der Waals surface area contributed by atoms with Crippen molar-refractivity contribution in [3.8, 4) is 0 Å². The second-order valence-corrected chi connectivity index (χ2v) is 5.45. The molecule has 18 heavy (non-hydrogen) atoms. The predicted octanol–water partition coefficient (Wildman–Crippen LogP) is 0.683. The zero-order valence-electron chi connectivity index (χ0n) is 11.2. The number of urea groups is 1. The number of nitrogens with one attached hydrogen (secondary N) is 2. The first-order valence-corrected chi connectivity index (χ1v) is 7.11. The average Bonchev–Trinajstić information content (AvgIpc) is 2.40. The topological polar surface area (TPSA) is 64.6 Å². The molecule has 0 aromatic carbocycles. The van der Waals surface area contributed by atoms with E-state index in [-0.39, 0.29) is 18.2 Å². The molecule has 5 heteroatoms. The summed E-state index contributed by atoms with van der Waals surface area (Å²) in [6.07, 6.45) is 6.27. The minimum absolute atomic E-state index is 0.0915. The van der Waals surface area contributed by atoms with Crippen molar-refractivity contribution >= 4 is 6.03 Å². The Labute approximate surface area is 109 Å². The zero-order valence-corrected chi connectivity index (χ0v) is 11.2. The molecule has 2 unspecified atom stereocenters. The van der Waals surface area contributed by atoms with Crippen LogP contribution in [0.4, 0.5) is 4.79 Å². The van der Waals surface area contributed by atoms with Crippen LogP contribution in [0.3, 0.4) is 0 Å². The standard InChI is InChI=1S/C13H25N3O2/c1-14-13(18)15-10-6-8-16(9-7-10)11-4-2-3-5-12(11)17/h10-12,17H,2-9H2,1H3,(H2,14,15,18). The molecule has 0 radical (unpaired) electrons. The van der Waals surface area contributed by atoms with Gasteiger partial charge in [-0.1, -0.05) is 12.8 Å². The number of aliphatic hydroxyl groups excluding tert-OH is 1. The van der Waals surface area contributed by atoms with Crippen LogP contribution in [0.25, 0.3) is 0 Å². The molecule has 1 heterocycles. The number of hydrogen-bond acceptors (Lipinski definition) is 3. The molecule has 0 aromatic rings. The largest absolute Gasteiger partial charge is 0.391 e. The van der Waals surface area contributed by atoms with E-state index in [0.717, 1.165) is 45.2 Å². The molecule has 1 aliphatic heterocycles. The molecule has 0 bridgehead atoms. The van der Waals surface area contributed by atoms with Gasteiger partial charge in [-0.05, 0) is 25.7 Å². The van der Waals surface area contributed by atoms with Crippen molar-refractivity contribution in [1.29, 1.82) is 0 Å². The van der Waals surface area contributed by atoms with Gasteiger partial charge in [0.25, 0.3) is 0 Å². The maximum Gasteiger partial charge on any atom is 0.314 e. The SMILES string of the molecule is CNC(=O)NC1CCN(C2CCCCC2O)CC1. The Kier molecular flexibility index (Phi) is 4.83. The molecule has 1 aliphatic carbocycles. The van der Waals surface area contributed by atoms with E-state index >= 15 is 0 Å². The van der Waals surface area contributed by atoms with Gasteiger partial charge >= 0.3 is 6.03 Å². The third-order valence-electron chi connectivity index (χ3n) is 4.25. The molecule has 3 N–H and O–H groups in total. The number of piperidine rings is 1. The fourth-order valence-corrected chi connectivity index (χ4v) is 3.15. The maximum atomic E-state index is 11.2. The van der Waals surface area contributed by atoms with E-state index in [0.29, 0.717) is 6.04 Å². The summed E-state index contributed by atoms with van der Waals surface area (Å²) in [5.74, 6) is 0. The number of carbonyl (C=O) groups excluding carboxylic acids is 1. The van der Waals surface area contributed by atoms with Crippen molar-refractivity contribution in [2.45, 2.75) is 56.7 Å². The third-order valence-corrected chi connectivity index (χ3v) is 4.25. The van der Waals surface area contributed by atoms with Crippen LogP contribution < -0.4 is 10.6 Å². The second kappa shape index (κ2) is 6.38. The molecule has 5 nitrogen and oxygen atoms in total. The molecular formula is C13H25N3O2. The molecular weight excluding hydrogens is 230 g/mol. The van der Waals surface area contributed by atoms with E-state index in [2.05, 4.69) is 15.5 Å². The van der Waals surface area contributed by atoms with E-state index in [4.69, 9.17) is 0 Å². The van der Waals surface area contributed by atoms with Gasteiger partial charge in [0.15, 0.2) is 0 Å². The van der Waals surface area contributed by atoms with Gasteiger partial charge < -0.3 is 15.7 Å². The van der Waals surface area contributed by atoms with Crippen molar-refractivity contribution in [2.24, 2.45) is 0 Å². The number of likely N-dealkylation sites (tertiary alicyclic amines) is 1. The highest BCUT2D eigenvalue weighted by Crippen LogP contribution is 2.25. The summed E-state index contributed by atoms with van der Waals surface area (Å²) < 4.78 is 0. The third kappa shape index (κ3) is 3.36. The molecule has 1 saturated heterocycles. The summed E-state index contributed by atoms with van der Waals surface area (Å²) in [6.45, 7) is 1.97. The van der Waals surface area contributed by atoms with Crippen molar-refractivity contribution in [3.63, 3.8) is 0 Å². The monoisotopic (exact) mass is 255 g/mol. The smallest absolute Gasteiger partial charge is 0.314 e. The molecule has 2 rings (SSSR count). The fraction of sp³-hybridized carbons (Fsp3) is 0.923.